The minimum Gasteiger partial charge on any atom is -0.480 e. The zero-order valence-corrected chi connectivity index (χ0v) is 10.3. The van der Waals surface area contributed by atoms with Gasteiger partial charge in [-0.1, -0.05) is 6.07 Å². The van der Waals surface area contributed by atoms with E-state index >= 15 is 0 Å². The van der Waals surface area contributed by atoms with Crippen molar-refractivity contribution in [1.29, 1.82) is 0 Å². The number of aliphatic hydroxyl groups excluding tert-OH is 1. The molecule has 1 heterocycles. The van der Waals surface area contributed by atoms with Gasteiger partial charge in [-0.05, 0) is 18.6 Å². The Hall–Kier alpha value is -2.15. The Bertz CT molecular complexity index is 531. The van der Waals surface area contributed by atoms with Gasteiger partial charge in [-0.3, -0.25) is 10.1 Å². The van der Waals surface area contributed by atoms with Crippen molar-refractivity contribution in [2.45, 2.75) is 25.5 Å². The number of benzene rings is 1. The number of β-amino-alcohol motifs (C(OH)–C–C–N with tert-alkyl or cyclic N) is 1. The molecule has 1 aromatic rings. The first-order valence-corrected chi connectivity index (χ1v) is 5.82. The first-order chi connectivity index (χ1) is 8.90. The summed E-state index contributed by atoms with van der Waals surface area (Å²) < 4.78 is 0. The molecule has 102 valence electrons. The highest BCUT2D eigenvalue weighted by Crippen LogP contribution is 2.34. The Kier molecular flexibility index (Phi) is 3.39. The summed E-state index contributed by atoms with van der Waals surface area (Å²) >= 11 is 0. The molecule has 1 aliphatic rings. The Morgan fingerprint density at radius 2 is 2.21 bits per heavy atom. The fraction of sp³-hybridized carbons (Fsp3) is 0.417. The molecule has 0 amide bonds. The molecule has 1 saturated heterocycles. The standard InChI is InChI=1S/C12H14N2O5/c1-7-2-3-9(10(4-7)14(18)19)13-6-8(15)5-11(13)12(16)17/h2-4,8,11,15H,5-6H2,1H3,(H,16,17). The zero-order valence-electron chi connectivity index (χ0n) is 10.3. The van der Waals surface area contributed by atoms with Crippen LogP contribution in [0.25, 0.3) is 0 Å². The summed E-state index contributed by atoms with van der Waals surface area (Å²) in [5, 5.41) is 29.8. The van der Waals surface area contributed by atoms with Gasteiger partial charge < -0.3 is 15.1 Å². The van der Waals surface area contributed by atoms with Crippen LogP contribution in [0.15, 0.2) is 18.2 Å². The lowest BCUT2D eigenvalue weighted by molar-refractivity contribution is -0.384. The quantitative estimate of drug-likeness (QED) is 0.623. The van der Waals surface area contributed by atoms with Crippen molar-refractivity contribution in [2.75, 3.05) is 11.4 Å². The van der Waals surface area contributed by atoms with Crippen LogP contribution in [0.3, 0.4) is 0 Å². The molecule has 7 nitrogen and oxygen atoms in total. The second kappa shape index (κ2) is 4.85. The van der Waals surface area contributed by atoms with Crippen LogP contribution in [-0.4, -0.2) is 39.8 Å². The number of nitrogens with zero attached hydrogens (tertiary/aromatic N) is 2. The number of hydrogen-bond acceptors (Lipinski definition) is 5. The minimum absolute atomic E-state index is 0.0698. The van der Waals surface area contributed by atoms with E-state index in [-0.39, 0.29) is 24.3 Å². The summed E-state index contributed by atoms with van der Waals surface area (Å²) in [6.07, 6.45) is -0.720. The number of aliphatic carboxylic acids is 1. The van der Waals surface area contributed by atoms with Gasteiger partial charge in [-0.15, -0.1) is 0 Å². The second-order valence-electron chi connectivity index (χ2n) is 4.65. The van der Waals surface area contributed by atoms with Crippen molar-refractivity contribution >= 4 is 17.3 Å². The summed E-state index contributed by atoms with van der Waals surface area (Å²) in [7, 11) is 0. The molecule has 0 spiro atoms. The van der Waals surface area contributed by atoms with Crippen molar-refractivity contribution in [2.24, 2.45) is 0 Å². The fourth-order valence-corrected chi connectivity index (χ4v) is 2.34. The van der Waals surface area contributed by atoms with Crippen molar-refractivity contribution in [3.63, 3.8) is 0 Å². The second-order valence-corrected chi connectivity index (χ2v) is 4.65. The SMILES string of the molecule is Cc1ccc(N2CC(O)CC2C(=O)O)c([N+](=O)[O-])c1. The van der Waals surface area contributed by atoms with Gasteiger partial charge in [0.1, 0.15) is 11.7 Å². The lowest BCUT2D eigenvalue weighted by atomic mass is 10.1. The van der Waals surface area contributed by atoms with Crippen LogP contribution in [0.4, 0.5) is 11.4 Å². The molecule has 2 rings (SSSR count). The number of nitro groups is 1. The van der Waals surface area contributed by atoms with E-state index in [0.717, 1.165) is 5.56 Å². The Balaban J connectivity index is 2.46. The highest BCUT2D eigenvalue weighted by molar-refractivity contribution is 5.81. The van der Waals surface area contributed by atoms with E-state index < -0.39 is 23.0 Å². The van der Waals surface area contributed by atoms with Gasteiger partial charge in [-0.2, -0.15) is 0 Å². The Labute approximate surface area is 109 Å². The van der Waals surface area contributed by atoms with Crippen LogP contribution >= 0.6 is 0 Å². The van der Waals surface area contributed by atoms with Gasteiger partial charge >= 0.3 is 5.97 Å². The first-order valence-electron chi connectivity index (χ1n) is 5.82. The molecule has 2 unspecified atom stereocenters. The smallest absolute Gasteiger partial charge is 0.326 e. The third-order valence-corrected chi connectivity index (χ3v) is 3.20. The number of carboxylic acids is 1. The summed E-state index contributed by atoms with van der Waals surface area (Å²) in [6.45, 7) is 1.81. The number of nitro benzene ring substituents is 1. The van der Waals surface area contributed by atoms with E-state index in [2.05, 4.69) is 0 Å². The van der Waals surface area contributed by atoms with E-state index in [1.165, 1.54) is 17.0 Å². The van der Waals surface area contributed by atoms with Crippen LogP contribution in [0.5, 0.6) is 0 Å². The molecule has 2 N–H and O–H groups in total. The van der Waals surface area contributed by atoms with Gasteiger partial charge in [0.15, 0.2) is 0 Å². The predicted octanol–water partition coefficient (Wildman–Crippen LogP) is 0.927. The van der Waals surface area contributed by atoms with E-state index in [1.807, 2.05) is 0 Å². The maximum atomic E-state index is 11.2. The highest BCUT2D eigenvalue weighted by atomic mass is 16.6. The molecule has 2 atom stereocenters. The Morgan fingerprint density at radius 1 is 1.53 bits per heavy atom. The molecule has 19 heavy (non-hydrogen) atoms. The van der Waals surface area contributed by atoms with Crippen molar-refractivity contribution in [1.82, 2.24) is 0 Å². The molecule has 0 aromatic heterocycles. The Morgan fingerprint density at radius 3 is 2.79 bits per heavy atom. The normalized spacial score (nSPS) is 22.5. The van der Waals surface area contributed by atoms with Gasteiger partial charge in [0.25, 0.3) is 5.69 Å². The minimum atomic E-state index is -1.09. The van der Waals surface area contributed by atoms with Gasteiger partial charge in [0, 0.05) is 19.0 Å². The van der Waals surface area contributed by atoms with Crippen molar-refractivity contribution in [3.8, 4) is 0 Å². The monoisotopic (exact) mass is 266 g/mol. The average molecular weight is 266 g/mol. The molecule has 1 aromatic carbocycles. The molecule has 1 aliphatic heterocycles. The van der Waals surface area contributed by atoms with Gasteiger partial charge in [-0.25, -0.2) is 4.79 Å². The van der Waals surface area contributed by atoms with Crippen LogP contribution < -0.4 is 4.90 Å². The van der Waals surface area contributed by atoms with Crippen molar-refractivity contribution < 1.29 is 19.9 Å². The lowest BCUT2D eigenvalue weighted by Gasteiger charge is -2.23. The molecule has 0 saturated carbocycles. The van der Waals surface area contributed by atoms with E-state index in [1.54, 1.807) is 13.0 Å². The number of aryl methyl sites for hydroxylation is 1. The summed E-state index contributed by atoms with van der Waals surface area (Å²) in [4.78, 5) is 23.1. The zero-order chi connectivity index (χ0) is 14.2. The van der Waals surface area contributed by atoms with Gasteiger partial charge in [0.2, 0.25) is 0 Å². The number of hydrogen-bond donors (Lipinski definition) is 2. The third kappa shape index (κ3) is 2.50. The largest absolute Gasteiger partial charge is 0.480 e. The average Bonchev–Trinajstić information content (AvgIpc) is 2.71. The van der Waals surface area contributed by atoms with Crippen LogP contribution in [-0.2, 0) is 4.79 Å². The number of carboxylic acid groups (broad SMARTS) is 1. The molecular formula is C12H14N2O5. The molecular weight excluding hydrogens is 252 g/mol. The van der Waals surface area contributed by atoms with Crippen LogP contribution in [0.1, 0.15) is 12.0 Å². The first kappa shape index (κ1) is 13.3. The molecule has 1 fully saturated rings. The number of rotatable bonds is 3. The topological polar surface area (TPSA) is 104 Å². The lowest BCUT2D eigenvalue weighted by Crippen LogP contribution is -2.36. The van der Waals surface area contributed by atoms with E-state index in [0.29, 0.717) is 0 Å². The number of carbonyl (C=O) groups is 1. The van der Waals surface area contributed by atoms with Crippen LogP contribution in [0, 0.1) is 17.0 Å². The molecule has 0 radical (unpaired) electrons. The highest BCUT2D eigenvalue weighted by Gasteiger charge is 2.38. The predicted molar refractivity (Wildman–Crippen MR) is 67.2 cm³/mol. The summed E-state index contributed by atoms with van der Waals surface area (Å²) in [6, 6.07) is 3.68. The van der Waals surface area contributed by atoms with Gasteiger partial charge in [0.05, 0.1) is 11.0 Å². The number of anilines is 1. The summed E-state index contributed by atoms with van der Waals surface area (Å²) in [5.74, 6) is -1.09. The van der Waals surface area contributed by atoms with Crippen molar-refractivity contribution in [3.05, 3.63) is 33.9 Å². The van der Waals surface area contributed by atoms with E-state index in [4.69, 9.17) is 5.11 Å². The summed E-state index contributed by atoms with van der Waals surface area (Å²) in [5.41, 5.74) is 0.821. The molecule has 0 aliphatic carbocycles. The fourth-order valence-electron chi connectivity index (χ4n) is 2.34. The van der Waals surface area contributed by atoms with Crippen LogP contribution in [0.2, 0.25) is 0 Å². The van der Waals surface area contributed by atoms with E-state index in [9.17, 15) is 20.0 Å². The molecule has 0 bridgehead atoms. The number of aliphatic hydroxyl groups is 1. The maximum absolute atomic E-state index is 11.2. The maximum Gasteiger partial charge on any atom is 0.326 e. The third-order valence-electron chi connectivity index (χ3n) is 3.20. The molecule has 7 heteroatoms.